The molecule has 1 heterocycles. The van der Waals surface area contributed by atoms with Crippen molar-refractivity contribution in [2.24, 2.45) is 0 Å². The SMILES string of the molecule is O=C(CCC(=O)c1ccccc1)NCc1ccc(Cn2cncn2)cc1. The summed E-state index contributed by atoms with van der Waals surface area (Å²) in [7, 11) is 0. The molecule has 1 aromatic heterocycles. The molecule has 0 radical (unpaired) electrons. The maximum atomic E-state index is 12.0. The molecule has 0 saturated heterocycles. The van der Waals surface area contributed by atoms with Gasteiger partial charge in [-0.1, -0.05) is 54.6 Å². The van der Waals surface area contributed by atoms with Gasteiger partial charge in [0.15, 0.2) is 5.78 Å². The molecule has 0 fully saturated rings. The summed E-state index contributed by atoms with van der Waals surface area (Å²) in [5.41, 5.74) is 2.76. The second kappa shape index (κ2) is 8.71. The van der Waals surface area contributed by atoms with Crippen molar-refractivity contribution in [1.82, 2.24) is 20.1 Å². The predicted molar refractivity (Wildman–Crippen MR) is 97.4 cm³/mol. The number of ketones is 1. The van der Waals surface area contributed by atoms with Gasteiger partial charge in [-0.2, -0.15) is 5.10 Å². The molecule has 2 aromatic carbocycles. The van der Waals surface area contributed by atoms with Crippen molar-refractivity contribution in [2.45, 2.75) is 25.9 Å². The van der Waals surface area contributed by atoms with Crippen molar-refractivity contribution < 1.29 is 9.59 Å². The number of nitrogens with zero attached hydrogens (tertiary/aromatic N) is 3. The summed E-state index contributed by atoms with van der Waals surface area (Å²) in [6.07, 6.45) is 3.59. The van der Waals surface area contributed by atoms with Gasteiger partial charge in [-0.05, 0) is 11.1 Å². The van der Waals surface area contributed by atoms with E-state index in [0.717, 1.165) is 11.1 Å². The summed E-state index contributed by atoms with van der Waals surface area (Å²) < 4.78 is 1.75. The molecule has 3 aromatic rings. The van der Waals surface area contributed by atoms with Gasteiger partial charge >= 0.3 is 0 Å². The van der Waals surface area contributed by atoms with Crippen molar-refractivity contribution >= 4 is 11.7 Å². The quantitative estimate of drug-likeness (QED) is 0.635. The van der Waals surface area contributed by atoms with E-state index in [1.165, 1.54) is 6.33 Å². The first-order chi connectivity index (χ1) is 12.7. The standard InChI is InChI=1S/C20H20N4O2/c25-19(18-4-2-1-3-5-18)10-11-20(26)22-12-16-6-8-17(9-7-16)13-24-15-21-14-23-24/h1-9,14-15H,10-13H2,(H,22,26). The lowest BCUT2D eigenvalue weighted by molar-refractivity contribution is -0.121. The molecular formula is C20H20N4O2. The van der Waals surface area contributed by atoms with Gasteiger partial charge in [0, 0.05) is 24.9 Å². The van der Waals surface area contributed by atoms with E-state index < -0.39 is 0 Å². The lowest BCUT2D eigenvalue weighted by Gasteiger charge is -2.07. The van der Waals surface area contributed by atoms with Crippen LogP contribution >= 0.6 is 0 Å². The molecule has 0 unspecified atom stereocenters. The van der Waals surface area contributed by atoms with Crippen molar-refractivity contribution in [3.8, 4) is 0 Å². The average Bonchev–Trinajstić information content (AvgIpc) is 3.19. The Morgan fingerprint density at radius 1 is 0.923 bits per heavy atom. The fourth-order valence-electron chi connectivity index (χ4n) is 2.55. The molecule has 0 saturated carbocycles. The van der Waals surface area contributed by atoms with E-state index in [4.69, 9.17) is 0 Å². The molecule has 6 heteroatoms. The van der Waals surface area contributed by atoms with Crippen LogP contribution in [-0.2, 0) is 17.9 Å². The molecule has 1 amide bonds. The Bertz CT molecular complexity index is 843. The third-order valence-corrected chi connectivity index (χ3v) is 4.00. The molecule has 1 N–H and O–H groups in total. The molecule has 0 bridgehead atoms. The Kier molecular flexibility index (Phi) is 5.88. The lowest BCUT2D eigenvalue weighted by atomic mass is 10.1. The minimum atomic E-state index is -0.124. The Labute approximate surface area is 151 Å². The molecule has 26 heavy (non-hydrogen) atoms. The minimum absolute atomic E-state index is 0.0155. The Morgan fingerprint density at radius 2 is 1.65 bits per heavy atom. The zero-order valence-electron chi connectivity index (χ0n) is 14.3. The number of Topliss-reactive ketones (excluding diaryl/α,β-unsaturated/α-hetero) is 1. The monoisotopic (exact) mass is 348 g/mol. The van der Waals surface area contributed by atoms with E-state index in [0.29, 0.717) is 18.7 Å². The van der Waals surface area contributed by atoms with Crippen LogP contribution in [0.4, 0.5) is 0 Å². The normalized spacial score (nSPS) is 10.5. The van der Waals surface area contributed by atoms with E-state index in [2.05, 4.69) is 15.4 Å². The number of nitrogens with one attached hydrogen (secondary N) is 1. The van der Waals surface area contributed by atoms with E-state index in [1.54, 1.807) is 23.1 Å². The number of benzene rings is 2. The first kappa shape index (κ1) is 17.5. The van der Waals surface area contributed by atoms with E-state index in [9.17, 15) is 9.59 Å². The second-order valence-electron chi connectivity index (χ2n) is 5.98. The van der Waals surface area contributed by atoms with Crippen LogP contribution in [0.1, 0.15) is 34.3 Å². The van der Waals surface area contributed by atoms with Gasteiger partial charge in [0.2, 0.25) is 5.91 Å². The molecule has 3 rings (SSSR count). The Morgan fingerprint density at radius 3 is 2.35 bits per heavy atom. The van der Waals surface area contributed by atoms with Crippen LogP contribution in [0.5, 0.6) is 0 Å². The molecule has 0 aliphatic carbocycles. The highest BCUT2D eigenvalue weighted by Crippen LogP contribution is 2.07. The van der Waals surface area contributed by atoms with Crippen molar-refractivity contribution in [3.05, 3.63) is 83.9 Å². The van der Waals surface area contributed by atoms with Gasteiger partial charge in [0.1, 0.15) is 12.7 Å². The summed E-state index contributed by atoms with van der Waals surface area (Å²) in [5, 5.41) is 6.92. The van der Waals surface area contributed by atoms with Crippen LogP contribution < -0.4 is 5.32 Å². The number of rotatable bonds is 8. The Balaban J connectivity index is 1.42. The maximum absolute atomic E-state index is 12.0. The predicted octanol–water partition coefficient (Wildman–Crippen LogP) is 2.61. The number of hydrogen-bond donors (Lipinski definition) is 1. The molecule has 132 valence electrons. The van der Waals surface area contributed by atoms with Crippen LogP contribution in [0.2, 0.25) is 0 Å². The van der Waals surface area contributed by atoms with Crippen molar-refractivity contribution in [1.29, 1.82) is 0 Å². The van der Waals surface area contributed by atoms with Gasteiger partial charge < -0.3 is 5.32 Å². The summed E-state index contributed by atoms with van der Waals surface area (Å²) in [4.78, 5) is 27.9. The van der Waals surface area contributed by atoms with Crippen LogP contribution in [0.15, 0.2) is 67.3 Å². The van der Waals surface area contributed by atoms with Gasteiger partial charge in [0.05, 0.1) is 6.54 Å². The third kappa shape index (κ3) is 5.11. The second-order valence-corrected chi connectivity index (χ2v) is 5.98. The van der Waals surface area contributed by atoms with Gasteiger partial charge in [-0.25, -0.2) is 9.67 Å². The summed E-state index contributed by atoms with van der Waals surface area (Å²) >= 11 is 0. The number of hydrogen-bond acceptors (Lipinski definition) is 4. The van der Waals surface area contributed by atoms with Gasteiger partial charge in [-0.3, -0.25) is 9.59 Å². The molecule has 0 spiro atoms. The largest absolute Gasteiger partial charge is 0.352 e. The van der Waals surface area contributed by atoms with Crippen LogP contribution in [0.3, 0.4) is 0 Å². The summed E-state index contributed by atoms with van der Waals surface area (Å²) in [6, 6.07) is 17.0. The summed E-state index contributed by atoms with van der Waals surface area (Å²) in [6.45, 7) is 1.11. The zero-order valence-corrected chi connectivity index (χ0v) is 14.3. The minimum Gasteiger partial charge on any atom is -0.352 e. The first-order valence-corrected chi connectivity index (χ1v) is 8.46. The van der Waals surface area contributed by atoms with Gasteiger partial charge in [0.25, 0.3) is 0 Å². The fourth-order valence-corrected chi connectivity index (χ4v) is 2.55. The molecule has 0 atom stereocenters. The molecule has 0 aliphatic heterocycles. The maximum Gasteiger partial charge on any atom is 0.220 e. The number of carbonyl (C=O) groups is 2. The lowest BCUT2D eigenvalue weighted by Crippen LogP contribution is -2.23. The zero-order chi connectivity index (χ0) is 18.2. The van der Waals surface area contributed by atoms with Crippen LogP contribution in [0, 0.1) is 0 Å². The van der Waals surface area contributed by atoms with E-state index in [-0.39, 0.29) is 24.5 Å². The molecule has 0 aliphatic rings. The topological polar surface area (TPSA) is 76.9 Å². The van der Waals surface area contributed by atoms with E-state index >= 15 is 0 Å². The van der Waals surface area contributed by atoms with Crippen molar-refractivity contribution in [3.63, 3.8) is 0 Å². The number of carbonyl (C=O) groups excluding carboxylic acids is 2. The highest BCUT2D eigenvalue weighted by molar-refractivity contribution is 5.97. The molecule has 6 nitrogen and oxygen atoms in total. The highest BCUT2D eigenvalue weighted by atomic mass is 16.2. The molecular weight excluding hydrogens is 328 g/mol. The van der Waals surface area contributed by atoms with Crippen LogP contribution in [0.25, 0.3) is 0 Å². The first-order valence-electron chi connectivity index (χ1n) is 8.46. The number of aromatic nitrogens is 3. The van der Waals surface area contributed by atoms with Gasteiger partial charge in [-0.15, -0.1) is 0 Å². The summed E-state index contributed by atoms with van der Waals surface area (Å²) in [5.74, 6) is -0.140. The Hall–Kier alpha value is -3.28. The fraction of sp³-hybridized carbons (Fsp3) is 0.200. The highest BCUT2D eigenvalue weighted by Gasteiger charge is 2.08. The smallest absolute Gasteiger partial charge is 0.220 e. The average molecular weight is 348 g/mol. The van der Waals surface area contributed by atoms with Crippen molar-refractivity contribution in [2.75, 3.05) is 0 Å². The number of amides is 1. The van der Waals surface area contributed by atoms with E-state index in [1.807, 2.05) is 42.5 Å². The van der Waals surface area contributed by atoms with Crippen LogP contribution in [-0.4, -0.2) is 26.5 Å². The third-order valence-electron chi connectivity index (χ3n) is 4.00.